The second-order valence-corrected chi connectivity index (χ2v) is 7.12. The van der Waals surface area contributed by atoms with Crippen LogP contribution in [0.4, 0.5) is 0 Å². The van der Waals surface area contributed by atoms with Gasteiger partial charge in [0.1, 0.15) is 5.54 Å². The van der Waals surface area contributed by atoms with Gasteiger partial charge in [-0.1, -0.05) is 0 Å². The van der Waals surface area contributed by atoms with E-state index in [9.17, 15) is 4.79 Å². The van der Waals surface area contributed by atoms with Gasteiger partial charge in [0.05, 0.1) is 7.11 Å². The second kappa shape index (κ2) is 6.63. The number of nitrogens with one attached hydrogen (secondary N) is 1. The van der Waals surface area contributed by atoms with Crippen molar-refractivity contribution in [3.05, 3.63) is 0 Å². The normalized spacial score (nSPS) is 27.6. The molecule has 21 heavy (non-hydrogen) atoms. The van der Waals surface area contributed by atoms with Crippen molar-refractivity contribution < 1.29 is 9.53 Å². The van der Waals surface area contributed by atoms with E-state index in [0.717, 1.165) is 39.0 Å². The smallest absolute Gasteiger partial charge is 0.327 e. The van der Waals surface area contributed by atoms with Gasteiger partial charge in [-0.3, -0.25) is 10.2 Å². The van der Waals surface area contributed by atoms with E-state index >= 15 is 0 Å². The average Bonchev–Trinajstić information content (AvgIpc) is 3.24. The lowest BCUT2D eigenvalue weighted by molar-refractivity contribution is -0.151. The van der Waals surface area contributed by atoms with Crippen LogP contribution in [-0.2, 0) is 9.53 Å². The van der Waals surface area contributed by atoms with Crippen molar-refractivity contribution in [2.45, 2.75) is 51.2 Å². The summed E-state index contributed by atoms with van der Waals surface area (Å²) in [6.07, 6.45) is 2.24. The molecule has 5 heteroatoms. The topological polar surface area (TPSA) is 44.8 Å². The van der Waals surface area contributed by atoms with Crippen molar-refractivity contribution in [2.75, 3.05) is 40.3 Å². The number of methoxy groups -OCH3 is 1. The monoisotopic (exact) mass is 297 g/mol. The summed E-state index contributed by atoms with van der Waals surface area (Å²) in [5, 5.41) is 3.56. The van der Waals surface area contributed by atoms with Crippen LogP contribution in [0.2, 0.25) is 0 Å². The Morgan fingerprint density at radius 3 is 2.52 bits per heavy atom. The third kappa shape index (κ3) is 3.76. The molecular formula is C16H31N3O2. The molecule has 0 amide bonds. The zero-order valence-corrected chi connectivity index (χ0v) is 14.2. The number of ether oxygens (including phenoxy) is 1. The van der Waals surface area contributed by atoms with E-state index in [1.807, 2.05) is 0 Å². The molecule has 122 valence electrons. The van der Waals surface area contributed by atoms with Crippen LogP contribution >= 0.6 is 0 Å². The summed E-state index contributed by atoms with van der Waals surface area (Å²) in [5.74, 6) is 0.323. The van der Waals surface area contributed by atoms with Gasteiger partial charge in [0, 0.05) is 38.3 Å². The number of carbonyl (C=O) groups excluding carboxylic acids is 1. The predicted molar refractivity (Wildman–Crippen MR) is 84.3 cm³/mol. The van der Waals surface area contributed by atoms with Crippen molar-refractivity contribution in [2.24, 2.45) is 5.92 Å². The number of hydrogen-bond acceptors (Lipinski definition) is 5. The third-order valence-corrected chi connectivity index (χ3v) is 4.79. The fraction of sp³-hybridized carbons (Fsp3) is 0.938. The van der Waals surface area contributed by atoms with Crippen molar-refractivity contribution in [3.63, 3.8) is 0 Å². The molecule has 0 bridgehead atoms. The van der Waals surface area contributed by atoms with Gasteiger partial charge in [0.15, 0.2) is 0 Å². The molecule has 2 atom stereocenters. The molecule has 0 aromatic carbocycles. The second-order valence-electron chi connectivity index (χ2n) is 7.12. The summed E-state index contributed by atoms with van der Waals surface area (Å²) >= 11 is 0. The van der Waals surface area contributed by atoms with Crippen LogP contribution in [0.1, 0.15) is 33.6 Å². The molecule has 0 radical (unpaired) electrons. The zero-order valence-electron chi connectivity index (χ0n) is 14.2. The number of nitrogens with zero attached hydrogens (tertiary/aromatic N) is 2. The molecule has 5 nitrogen and oxygen atoms in total. The van der Waals surface area contributed by atoms with Gasteiger partial charge in [-0.05, 0) is 46.6 Å². The summed E-state index contributed by atoms with van der Waals surface area (Å²) < 4.78 is 5.18. The van der Waals surface area contributed by atoms with Crippen molar-refractivity contribution in [1.29, 1.82) is 0 Å². The number of carbonyl (C=O) groups is 1. The van der Waals surface area contributed by atoms with Crippen LogP contribution in [0, 0.1) is 5.92 Å². The first kappa shape index (κ1) is 16.7. The third-order valence-electron chi connectivity index (χ3n) is 4.79. The molecule has 2 rings (SSSR count). The Labute approximate surface area is 129 Å². The first-order valence-corrected chi connectivity index (χ1v) is 8.17. The minimum absolute atomic E-state index is 0.0928. The van der Waals surface area contributed by atoms with E-state index in [2.05, 4.69) is 42.9 Å². The highest BCUT2D eigenvalue weighted by molar-refractivity contribution is 5.82. The van der Waals surface area contributed by atoms with E-state index < -0.39 is 5.54 Å². The summed E-state index contributed by atoms with van der Waals surface area (Å²) in [6.45, 7) is 10.4. The first-order valence-electron chi connectivity index (χ1n) is 8.17. The van der Waals surface area contributed by atoms with Crippen LogP contribution in [0.25, 0.3) is 0 Å². The molecule has 0 aromatic heterocycles. The molecule has 1 saturated carbocycles. The zero-order chi connectivity index (χ0) is 15.6. The highest BCUT2D eigenvalue weighted by atomic mass is 16.5. The maximum Gasteiger partial charge on any atom is 0.327 e. The van der Waals surface area contributed by atoms with Crippen LogP contribution < -0.4 is 5.32 Å². The Kier molecular flexibility index (Phi) is 5.28. The maximum absolute atomic E-state index is 12.6. The highest BCUT2D eigenvalue weighted by Crippen LogP contribution is 2.41. The number of hydrogen-bond donors (Lipinski definition) is 1. The molecule has 2 aliphatic rings. The van der Waals surface area contributed by atoms with Gasteiger partial charge < -0.3 is 9.64 Å². The Morgan fingerprint density at radius 2 is 2.05 bits per heavy atom. The molecular weight excluding hydrogens is 266 g/mol. The molecule has 1 saturated heterocycles. The quantitative estimate of drug-likeness (QED) is 0.739. The Balaban J connectivity index is 2.16. The van der Waals surface area contributed by atoms with Crippen LogP contribution in [0.15, 0.2) is 0 Å². The maximum atomic E-state index is 12.6. The van der Waals surface area contributed by atoms with Crippen LogP contribution in [0.5, 0.6) is 0 Å². The van der Waals surface area contributed by atoms with Gasteiger partial charge in [-0.25, -0.2) is 4.79 Å². The SMILES string of the molecule is COC(=O)C(CN1CCN(C)CC1C)(NC(C)C)C1CC1. The fourth-order valence-electron chi connectivity index (χ4n) is 3.59. The summed E-state index contributed by atoms with van der Waals surface area (Å²) in [6, 6.07) is 0.743. The average molecular weight is 297 g/mol. The fourth-order valence-corrected chi connectivity index (χ4v) is 3.59. The lowest BCUT2D eigenvalue weighted by Crippen LogP contribution is -2.65. The molecule has 1 aliphatic carbocycles. The largest absolute Gasteiger partial charge is 0.468 e. The molecule has 0 spiro atoms. The van der Waals surface area contributed by atoms with Crippen LogP contribution in [0.3, 0.4) is 0 Å². The van der Waals surface area contributed by atoms with E-state index in [0.29, 0.717) is 12.0 Å². The number of rotatable bonds is 6. The summed E-state index contributed by atoms with van der Waals surface area (Å²) in [4.78, 5) is 17.4. The number of likely N-dealkylation sites (N-methyl/N-ethyl adjacent to an activating group) is 1. The van der Waals surface area contributed by atoms with Crippen molar-refractivity contribution >= 4 is 5.97 Å². The molecule has 1 heterocycles. The van der Waals surface area contributed by atoms with Crippen molar-refractivity contribution in [1.82, 2.24) is 15.1 Å². The lowest BCUT2D eigenvalue weighted by Gasteiger charge is -2.44. The predicted octanol–water partition coefficient (Wildman–Crippen LogP) is 0.942. The van der Waals surface area contributed by atoms with Crippen molar-refractivity contribution in [3.8, 4) is 0 Å². The minimum atomic E-state index is -0.535. The van der Waals surface area contributed by atoms with Crippen LogP contribution in [-0.4, -0.2) is 73.7 Å². The highest BCUT2D eigenvalue weighted by Gasteiger charge is 2.53. The van der Waals surface area contributed by atoms with Gasteiger partial charge in [-0.2, -0.15) is 0 Å². The van der Waals surface area contributed by atoms with Gasteiger partial charge >= 0.3 is 5.97 Å². The molecule has 2 fully saturated rings. The van der Waals surface area contributed by atoms with E-state index in [4.69, 9.17) is 4.74 Å². The first-order chi connectivity index (χ1) is 9.89. The van der Waals surface area contributed by atoms with Gasteiger partial charge in [0.25, 0.3) is 0 Å². The number of esters is 1. The summed E-state index contributed by atoms with van der Waals surface area (Å²) in [5.41, 5.74) is -0.535. The standard InChI is InChI=1S/C16H31N3O2/c1-12(2)17-16(14-6-7-14,15(20)21-5)11-19-9-8-18(4)10-13(19)3/h12-14,17H,6-11H2,1-5H3. The summed E-state index contributed by atoms with van der Waals surface area (Å²) in [7, 11) is 3.67. The van der Waals surface area contributed by atoms with Gasteiger partial charge in [-0.15, -0.1) is 0 Å². The molecule has 2 unspecified atom stereocenters. The molecule has 1 aliphatic heterocycles. The number of piperazine rings is 1. The van der Waals surface area contributed by atoms with Gasteiger partial charge in [0.2, 0.25) is 0 Å². The Morgan fingerprint density at radius 1 is 1.38 bits per heavy atom. The molecule has 0 aromatic rings. The molecule has 1 N–H and O–H groups in total. The van der Waals surface area contributed by atoms with E-state index in [1.54, 1.807) is 0 Å². The minimum Gasteiger partial charge on any atom is -0.468 e. The van der Waals surface area contributed by atoms with E-state index in [-0.39, 0.29) is 12.0 Å². The Bertz CT molecular complexity index is 371. The van der Waals surface area contributed by atoms with E-state index in [1.165, 1.54) is 7.11 Å². The lowest BCUT2D eigenvalue weighted by atomic mass is 9.90. The Hall–Kier alpha value is -0.650.